The van der Waals surface area contributed by atoms with Crippen molar-refractivity contribution in [1.82, 2.24) is 10.6 Å². The lowest BCUT2D eigenvalue weighted by atomic mass is 10.1. The second-order valence-electron chi connectivity index (χ2n) is 8.41. The number of benzene rings is 1. The number of aliphatic carboxylic acids is 1. The van der Waals surface area contributed by atoms with Crippen LogP contribution in [0.1, 0.15) is 47.0 Å². The van der Waals surface area contributed by atoms with E-state index in [1.807, 2.05) is 0 Å². The molecule has 34 heavy (non-hydrogen) atoms. The van der Waals surface area contributed by atoms with Gasteiger partial charge in [0.1, 0.15) is 23.4 Å². The maximum absolute atomic E-state index is 12.2. The van der Waals surface area contributed by atoms with E-state index in [-0.39, 0.29) is 18.7 Å². The van der Waals surface area contributed by atoms with Crippen molar-refractivity contribution in [2.75, 3.05) is 11.9 Å². The van der Waals surface area contributed by atoms with Crippen molar-refractivity contribution in [3.8, 4) is 0 Å². The molecule has 4 N–H and O–H groups in total. The molecule has 0 radical (unpaired) electrons. The molecule has 1 aromatic rings. The number of carboxylic acids is 1. The van der Waals surface area contributed by atoms with E-state index in [0.29, 0.717) is 12.8 Å². The lowest BCUT2D eigenvalue weighted by molar-refractivity contribution is -0.393. The van der Waals surface area contributed by atoms with Crippen molar-refractivity contribution < 1.29 is 34.1 Å². The first kappa shape index (κ1) is 28.1. The molecule has 188 valence electrons. The summed E-state index contributed by atoms with van der Waals surface area (Å²) in [5, 5.41) is 38.8. The monoisotopic (exact) mass is 483 g/mol. The van der Waals surface area contributed by atoms with Crippen molar-refractivity contribution in [3.63, 3.8) is 0 Å². The van der Waals surface area contributed by atoms with Crippen LogP contribution in [-0.4, -0.2) is 57.2 Å². The molecule has 0 unspecified atom stereocenters. The molecule has 0 saturated carbocycles. The number of nitro benzene ring substituents is 2. The van der Waals surface area contributed by atoms with Gasteiger partial charge in [0.2, 0.25) is 5.91 Å². The van der Waals surface area contributed by atoms with Gasteiger partial charge in [0.05, 0.1) is 15.9 Å². The molecule has 2 atom stereocenters. The number of carbonyl (C=O) groups is 3. The van der Waals surface area contributed by atoms with Crippen LogP contribution in [0.15, 0.2) is 18.2 Å². The molecule has 0 spiro atoms. The molecular formula is C20H29N5O9. The van der Waals surface area contributed by atoms with Gasteiger partial charge in [0.15, 0.2) is 0 Å². The zero-order valence-electron chi connectivity index (χ0n) is 19.3. The third-order valence-electron chi connectivity index (χ3n) is 4.36. The molecule has 0 aliphatic rings. The summed E-state index contributed by atoms with van der Waals surface area (Å²) in [5.74, 6) is -1.95. The number of alkyl carbamates (subject to hydrolysis) is 1. The number of non-ortho nitro benzene ring substituents is 1. The number of hydrogen-bond acceptors (Lipinski definition) is 9. The molecule has 0 fully saturated rings. The minimum Gasteiger partial charge on any atom is -0.480 e. The maximum Gasteiger partial charge on any atom is 0.408 e. The lowest BCUT2D eigenvalue weighted by Gasteiger charge is -2.22. The Bertz CT molecular complexity index is 929. The molecule has 0 aromatic heterocycles. The van der Waals surface area contributed by atoms with Crippen molar-refractivity contribution in [2.45, 2.75) is 64.6 Å². The van der Waals surface area contributed by atoms with Gasteiger partial charge in [0, 0.05) is 12.6 Å². The first-order valence-corrected chi connectivity index (χ1v) is 10.4. The zero-order chi connectivity index (χ0) is 26.1. The molecule has 14 heteroatoms. The van der Waals surface area contributed by atoms with Gasteiger partial charge >= 0.3 is 12.1 Å². The Morgan fingerprint density at radius 3 is 2.26 bits per heavy atom. The number of carboxylic acid groups (broad SMARTS) is 1. The van der Waals surface area contributed by atoms with Crippen molar-refractivity contribution in [3.05, 3.63) is 38.4 Å². The van der Waals surface area contributed by atoms with Gasteiger partial charge in [-0.3, -0.25) is 25.0 Å². The van der Waals surface area contributed by atoms with Gasteiger partial charge in [-0.1, -0.05) is 0 Å². The molecule has 0 aliphatic heterocycles. The molecule has 1 rings (SSSR count). The molecule has 0 heterocycles. The van der Waals surface area contributed by atoms with Gasteiger partial charge in [-0.25, -0.2) is 9.59 Å². The Hall–Kier alpha value is -3.97. The van der Waals surface area contributed by atoms with E-state index in [0.717, 1.165) is 12.1 Å². The first-order valence-electron chi connectivity index (χ1n) is 10.4. The number of unbranched alkanes of at least 4 members (excludes halogenated alkanes) is 1. The van der Waals surface area contributed by atoms with Crippen LogP contribution in [-0.2, 0) is 14.3 Å². The summed E-state index contributed by atoms with van der Waals surface area (Å²) >= 11 is 0. The van der Waals surface area contributed by atoms with E-state index in [1.165, 1.54) is 13.0 Å². The number of nitrogens with one attached hydrogen (secondary N) is 3. The highest BCUT2D eigenvalue weighted by molar-refractivity contribution is 5.88. The molecule has 2 amide bonds. The highest BCUT2D eigenvalue weighted by atomic mass is 16.6. The fraction of sp³-hybridized carbons (Fsp3) is 0.550. The summed E-state index contributed by atoms with van der Waals surface area (Å²) in [6, 6.07) is 0.989. The summed E-state index contributed by atoms with van der Waals surface area (Å²) in [7, 11) is 0. The predicted octanol–water partition coefficient (Wildman–Crippen LogP) is 2.57. The average Bonchev–Trinajstić information content (AvgIpc) is 2.70. The number of anilines is 1. The molecule has 1 aromatic carbocycles. The van der Waals surface area contributed by atoms with E-state index in [2.05, 4.69) is 16.0 Å². The number of hydrogen-bond donors (Lipinski definition) is 4. The lowest BCUT2D eigenvalue weighted by Crippen LogP contribution is -2.51. The van der Waals surface area contributed by atoms with Crippen molar-refractivity contribution >= 4 is 35.0 Å². The summed E-state index contributed by atoms with van der Waals surface area (Å²) < 4.78 is 5.05. The van der Waals surface area contributed by atoms with Crippen LogP contribution in [0.3, 0.4) is 0 Å². The smallest absolute Gasteiger partial charge is 0.408 e. The summed E-state index contributed by atoms with van der Waals surface area (Å²) in [6.07, 6.45) is 0.0105. The Labute approximate surface area is 195 Å². The van der Waals surface area contributed by atoms with Crippen LogP contribution in [0.25, 0.3) is 0 Å². The summed E-state index contributed by atoms with van der Waals surface area (Å²) in [4.78, 5) is 55.9. The SMILES string of the molecule is C[C@H](NC(=O)OC(C)(C)C)C(=O)N[C@@H](CCCCNc1ccc([N+](=O)[O-])cc1[N+](=O)[O-])C(=O)O. The second kappa shape index (κ2) is 12.3. The van der Waals surface area contributed by atoms with Gasteiger partial charge in [-0.2, -0.15) is 0 Å². The highest BCUT2D eigenvalue weighted by Gasteiger charge is 2.25. The Balaban J connectivity index is 2.55. The second-order valence-corrected chi connectivity index (χ2v) is 8.41. The summed E-state index contributed by atoms with van der Waals surface area (Å²) in [6.45, 7) is 6.60. The highest BCUT2D eigenvalue weighted by Crippen LogP contribution is 2.28. The van der Waals surface area contributed by atoms with Crippen molar-refractivity contribution in [1.29, 1.82) is 0 Å². The number of nitro groups is 2. The Morgan fingerprint density at radius 2 is 1.74 bits per heavy atom. The largest absolute Gasteiger partial charge is 0.480 e. The third kappa shape index (κ3) is 9.67. The standard InChI is InChI=1S/C20H29N5O9/c1-12(22-19(29)34-20(2,3)4)17(26)23-15(18(27)28)7-5-6-10-21-14-9-8-13(24(30)31)11-16(14)25(32)33/h8-9,11-12,15,21H,5-7,10H2,1-4H3,(H,22,29)(H,23,26)(H,27,28)/t12-,15-/m0/s1. The number of carbonyl (C=O) groups excluding carboxylic acids is 2. The number of ether oxygens (including phenoxy) is 1. The Morgan fingerprint density at radius 1 is 1.09 bits per heavy atom. The number of rotatable bonds is 12. The van der Waals surface area contributed by atoms with Gasteiger partial charge in [-0.15, -0.1) is 0 Å². The zero-order valence-corrected chi connectivity index (χ0v) is 19.3. The number of amides is 2. The van der Waals surface area contributed by atoms with Crippen molar-refractivity contribution in [2.24, 2.45) is 0 Å². The molecular weight excluding hydrogens is 454 g/mol. The van der Waals surface area contributed by atoms with Crippen LogP contribution < -0.4 is 16.0 Å². The van der Waals surface area contributed by atoms with Crippen LogP contribution in [0.5, 0.6) is 0 Å². The fourth-order valence-corrected chi connectivity index (χ4v) is 2.73. The van der Waals surface area contributed by atoms with E-state index >= 15 is 0 Å². The molecule has 0 aliphatic carbocycles. The normalized spacial score (nSPS) is 12.7. The fourth-order valence-electron chi connectivity index (χ4n) is 2.73. The maximum atomic E-state index is 12.2. The third-order valence-corrected chi connectivity index (χ3v) is 4.36. The van der Waals surface area contributed by atoms with Crippen LogP contribution >= 0.6 is 0 Å². The first-order chi connectivity index (χ1) is 15.7. The van der Waals surface area contributed by atoms with Crippen LogP contribution in [0.2, 0.25) is 0 Å². The topological polar surface area (TPSA) is 203 Å². The van der Waals surface area contributed by atoms with E-state index < -0.39 is 56.9 Å². The Kier molecular flexibility index (Phi) is 10.2. The van der Waals surface area contributed by atoms with Crippen LogP contribution in [0.4, 0.5) is 21.9 Å². The minimum absolute atomic E-state index is 0.0737. The summed E-state index contributed by atoms with van der Waals surface area (Å²) in [5.41, 5.74) is -1.52. The number of nitrogens with zero attached hydrogens (tertiary/aromatic N) is 2. The predicted molar refractivity (Wildman–Crippen MR) is 120 cm³/mol. The minimum atomic E-state index is -1.25. The average molecular weight is 483 g/mol. The van der Waals surface area contributed by atoms with Gasteiger partial charge < -0.3 is 25.8 Å². The quantitative estimate of drug-likeness (QED) is 0.194. The van der Waals surface area contributed by atoms with Gasteiger partial charge in [-0.05, 0) is 53.0 Å². The van der Waals surface area contributed by atoms with E-state index in [4.69, 9.17) is 4.74 Å². The van der Waals surface area contributed by atoms with Crippen LogP contribution in [0, 0.1) is 20.2 Å². The molecule has 14 nitrogen and oxygen atoms in total. The van der Waals surface area contributed by atoms with E-state index in [9.17, 15) is 39.7 Å². The molecule has 0 saturated heterocycles. The van der Waals surface area contributed by atoms with E-state index in [1.54, 1.807) is 20.8 Å². The molecule has 0 bridgehead atoms. The van der Waals surface area contributed by atoms with Gasteiger partial charge in [0.25, 0.3) is 11.4 Å².